The van der Waals surface area contributed by atoms with E-state index >= 15 is 0 Å². The maximum absolute atomic E-state index is 8.26. The molecule has 0 fully saturated rings. The van der Waals surface area contributed by atoms with Crippen molar-refractivity contribution in [1.29, 1.82) is 0 Å². The molecule has 0 rings (SSSR count). The van der Waals surface area contributed by atoms with Crippen molar-refractivity contribution in [2.24, 2.45) is 0 Å². The first-order valence-corrected chi connectivity index (χ1v) is 0.986. The van der Waals surface area contributed by atoms with E-state index in [2.05, 4.69) is 0 Å². The standard InChI is InChI=1S/Mo.O.Ti.V. The Labute approximate surface area is 62.9 Å². The van der Waals surface area contributed by atoms with E-state index in [1.54, 1.807) is 0 Å². The Morgan fingerprint density at radius 3 is 1.25 bits per heavy atom. The van der Waals surface area contributed by atoms with E-state index in [0.29, 0.717) is 19.8 Å². The van der Waals surface area contributed by atoms with Crippen LogP contribution in [0, 0.1) is 0 Å². The summed E-state index contributed by atoms with van der Waals surface area (Å²) in [4.78, 5) is 0. The van der Waals surface area contributed by atoms with E-state index in [4.69, 9.17) is 3.40 Å². The van der Waals surface area contributed by atoms with Crippen molar-refractivity contribution in [3.63, 3.8) is 0 Å². The van der Waals surface area contributed by atoms with Crippen LogP contribution in [-0.2, 0) is 63.4 Å². The topological polar surface area (TPSA) is 17.1 Å². The molecule has 0 aromatic heterocycles. The maximum atomic E-state index is 8.26. The molecule has 0 aliphatic carbocycles. The number of hydrogen-bond donors (Lipinski definition) is 0. The second-order valence-electron chi connectivity index (χ2n) is 0. The van der Waals surface area contributed by atoms with Crippen LogP contribution in [0.5, 0.6) is 0 Å². The van der Waals surface area contributed by atoms with Gasteiger partial charge in [0.05, 0.1) is 0 Å². The molecule has 1 radical (unpaired) electrons. The minimum Gasteiger partial charge on any atom is 0 e. The summed E-state index contributed by atoms with van der Waals surface area (Å²) in [7, 11) is 0. The molecule has 0 heterocycles. The SMILES string of the molecule is [O]=[Mo].[Ti].[V]. The molecule has 4 heavy (non-hydrogen) atoms. The van der Waals surface area contributed by atoms with Crippen molar-refractivity contribution in [3.05, 3.63) is 0 Å². The molecule has 0 aromatic rings. The summed E-state index contributed by atoms with van der Waals surface area (Å²) in [5.74, 6) is 0. The molecular formula is MoOTiV. The fourth-order valence-corrected chi connectivity index (χ4v) is 0. The molecule has 0 aliphatic rings. The van der Waals surface area contributed by atoms with Gasteiger partial charge in [-0.2, -0.15) is 0 Å². The first-order valence-electron chi connectivity index (χ1n) is 0.167. The Bertz CT molecular complexity index is 8.00. The average molecular weight is 211 g/mol. The molecule has 0 unspecified atom stereocenters. The molecule has 4 heteroatoms. The molecule has 0 amide bonds. The largest absolute Gasteiger partial charge is 0 e. The van der Waals surface area contributed by atoms with Crippen LogP contribution >= 0.6 is 0 Å². The Kier molecular flexibility index (Phi) is 91.8. The summed E-state index contributed by atoms with van der Waals surface area (Å²) < 4.78 is 8.26. The molecule has 0 bridgehead atoms. The van der Waals surface area contributed by atoms with E-state index in [0.717, 1.165) is 0 Å². The minimum absolute atomic E-state index is 0. The van der Waals surface area contributed by atoms with Crippen LogP contribution in [0.15, 0.2) is 0 Å². The predicted octanol–water partition coefficient (Wildman–Crippen LogP) is -0.126. The third kappa shape index (κ3) is 9.21. The summed E-state index contributed by atoms with van der Waals surface area (Å²) in [6, 6.07) is 0. The Morgan fingerprint density at radius 1 is 1.25 bits per heavy atom. The first kappa shape index (κ1) is 17.1. The monoisotopic (exact) mass is 213 g/mol. The molecular weight excluding hydrogens is 211 g/mol. The van der Waals surface area contributed by atoms with Gasteiger partial charge in [0.25, 0.3) is 0 Å². The van der Waals surface area contributed by atoms with Crippen molar-refractivity contribution in [2.75, 3.05) is 0 Å². The average Bonchev–Trinajstić information content (AvgIpc) is 1.00. The predicted molar refractivity (Wildman–Crippen MR) is 0.686 cm³/mol. The van der Waals surface area contributed by atoms with Crippen LogP contribution in [0.25, 0.3) is 0 Å². The Balaban J connectivity index is -0.00000000500. The molecule has 21 valence electrons. The van der Waals surface area contributed by atoms with Crippen LogP contribution in [0.1, 0.15) is 0 Å². The van der Waals surface area contributed by atoms with Crippen LogP contribution in [0.2, 0.25) is 0 Å². The summed E-state index contributed by atoms with van der Waals surface area (Å²) in [6.45, 7) is 0. The van der Waals surface area contributed by atoms with Crippen molar-refractivity contribution in [2.45, 2.75) is 0 Å². The van der Waals surface area contributed by atoms with Gasteiger partial charge in [0.15, 0.2) is 0 Å². The van der Waals surface area contributed by atoms with Crippen LogP contribution < -0.4 is 0 Å². The maximum Gasteiger partial charge on any atom is 0 e. The van der Waals surface area contributed by atoms with E-state index in [9.17, 15) is 0 Å². The second-order valence-corrected chi connectivity index (χ2v) is 0. The van der Waals surface area contributed by atoms with Gasteiger partial charge in [-0.05, 0) is 0 Å². The van der Waals surface area contributed by atoms with E-state index < -0.39 is 0 Å². The normalized spacial score (nSPS) is 1.00. The van der Waals surface area contributed by atoms with Crippen molar-refractivity contribution >= 4 is 0 Å². The van der Waals surface area contributed by atoms with Gasteiger partial charge in [0.2, 0.25) is 0 Å². The van der Waals surface area contributed by atoms with Gasteiger partial charge in [-0.25, -0.2) is 0 Å². The van der Waals surface area contributed by atoms with Gasteiger partial charge in [0.1, 0.15) is 0 Å². The second kappa shape index (κ2) is 21.5. The zero-order valence-corrected chi connectivity index (χ0v) is 6.73. The smallest absolute Gasteiger partial charge is 0 e. The van der Waals surface area contributed by atoms with Crippen LogP contribution in [-0.4, -0.2) is 0 Å². The number of hydrogen-bond acceptors (Lipinski definition) is 1. The van der Waals surface area contributed by atoms with Gasteiger partial charge < -0.3 is 0 Å². The summed E-state index contributed by atoms with van der Waals surface area (Å²) in [5.41, 5.74) is 0. The molecule has 0 atom stereocenters. The van der Waals surface area contributed by atoms with Crippen molar-refractivity contribution in [3.8, 4) is 0 Å². The van der Waals surface area contributed by atoms with Crippen LogP contribution in [0.3, 0.4) is 0 Å². The molecule has 0 N–H and O–H groups in total. The van der Waals surface area contributed by atoms with Crippen molar-refractivity contribution in [1.82, 2.24) is 0 Å². The van der Waals surface area contributed by atoms with Gasteiger partial charge in [-0.3, -0.25) is 0 Å². The Morgan fingerprint density at radius 2 is 1.25 bits per heavy atom. The summed E-state index contributed by atoms with van der Waals surface area (Å²) in [5, 5.41) is 0. The molecule has 0 saturated heterocycles. The van der Waals surface area contributed by atoms with E-state index in [-0.39, 0.29) is 40.3 Å². The van der Waals surface area contributed by atoms with Gasteiger partial charge >= 0.3 is 23.2 Å². The van der Waals surface area contributed by atoms with Gasteiger partial charge in [0, 0.05) is 40.3 Å². The molecule has 0 aliphatic heterocycles. The first-order chi connectivity index (χ1) is 1.00. The van der Waals surface area contributed by atoms with E-state index in [1.165, 1.54) is 0 Å². The molecule has 1 nitrogen and oxygen atoms in total. The Hall–Kier alpha value is 1.79. The third-order valence-corrected chi connectivity index (χ3v) is 0. The molecule has 0 saturated carbocycles. The third-order valence-electron chi connectivity index (χ3n) is 0. The van der Waals surface area contributed by atoms with Crippen LogP contribution in [0.4, 0.5) is 0 Å². The minimum atomic E-state index is 0. The van der Waals surface area contributed by atoms with Crippen molar-refractivity contribution < 1.29 is 63.4 Å². The van der Waals surface area contributed by atoms with E-state index in [1.807, 2.05) is 0 Å². The summed E-state index contributed by atoms with van der Waals surface area (Å²) >= 11 is 0.700. The van der Waals surface area contributed by atoms with Gasteiger partial charge in [-0.15, -0.1) is 0 Å². The fraction of sp³-hybridized carbons (Fsp3) is 0. The number of rotatable bonds is 0. The summed E-state index contributed by atoms with van der Waals surface area (Å²) in [6.07, 6.45) is 0. The quantitative estimate of drug-likeness (QED) is 0.510. The zero-order valence-electron chi connectivity index (χ0n) is 1.76. The van der Waals surface area contributed by atoms with Gasteiger partial charge in [-0.1, -0.05) is 0 Å². The fourth-order valence-electron chi connectivity index (χ4n) is 0. The zero-order chi connectivity index (χ0) is 2.00. The molecule has 0 spiro atoms. The molecule has 0 aromatic carbocycles.